The van der Waals surface area contributed by atoms with Gasteiger partial charge in [0.15, 0.2) is 5.79 Å². The van der Waals surface area contributed by atoms with E-state index in [1.54, 1.807) is 4.90 Å². The fraction of sp³-hybridized carbons (Fsp3) is 0.562. The zero-order valence-electron chi connectivity index (χ0n) is 12.3. The number of amides is 1. The molecule has 0 saturated carbocycles. The van der Waals surface area contributed by atoms with Gasteiger partial charge in [-0.1, -0.05) is 46.3 Å². The Bertz CT molecular complexity index is 526. The van der Waals surface area contributed by atoms with Crippen molar-refractivity contribution in [2.24, 2.45) is 0 Å². The fourth-order valence-corrected chi connectivity index (χ4v) is 3.53. The second-order valence-corrected chi connectivity index (χ2v) is 6.44. The van der Waals surface area contributed by atoms with E-state index in [1.165, 1.54) is 0 Å². The average molecular weight is 370 g/mol. The van der Waals surface area contributed by atoms with Gasteiger partial charge in [0.1, 0.15) is 6.61 Å². The van der Waals surface area contributed by atoms with E-state index in [-0.39, 0.29) is 24.8 Å². The van der Waals surface area contributed by atoms with Crippen LogP contribution in [0.1, 0.15) is 24.8 Å². The maximum Gasteiger partial charge on any atom is 0.410 e. The molecule has 1 aromatic carbocycles. The van der Waals surface area contributed by atoms with Gasteiger partial charge in [-0.25, -0.2) is 4.79 Å². The van der Waals surface area contributed by atoms with E-state index in [4.69, 9.17) is 9.47 Å². The summed E-state index contributed by atoms with van der Waals surface area (Å²) in [5.41, 5.74) is 0.962. The van der Waals surface area contributed by atoms with Gasteiger partial charge in [-0.3, -0.25) is 0 Å². The number of rotatable bonds is 3. The number of fused-ring (bicyclic) bond motifs is 1. The number of aliphatic hydroxyl groups is 1. The van der Waals surface area contributed by atoms with Crippen molar-refractivity contribution in [3.63, 3.8) is 0 Å². The molecule has 2 fully saturated rings. The molecule has 1 N–H and O–H groups in total. The quantitative estimate of drug-likeness (QED) is 0.832. The number of nitrogens with zero attached hydrogens (tertiary/aromatic N) is 1. The minimum atomic E-state index is -1.18. The number of hydrogen-bond donors (Lipinski definition) is 1. The van der Waals surface area contributed by atoms with Gasteiger partial charge in [-0.2, -0.15) is 0 Å². The molecular weight excluding hydrogens is 350 g/mol. The standard InChI is InChI=1S/C16H20BrNO4/c17-11-16(20)9-13-14(22-16)7-4-8-18(13)15(19)21-10-12-5-2-1-3-6-12/h1-3,5-6,13-14,20H,4,7-11H2/t13-,14-,16?/m0/s1. The molecule has 0 aliphatic carbocycles. The number of carbonyl (C=O) groups excluding carboxylic acids is 1. The molecule has 2 aliphatic heterocycles. The Labute approximate surface area is 138 Å². The molecule has 1 unspecified atom stereocenters. The first-order valence-electron chi connectivity index (χ1n) is 7.55. The van der Waals surface area contributed by atoms with Crippen molar-refractivity contribution in [3.05, 3.63) is 35.9 Å². The van der Waals surface area contributed by atoms with Gasteiger partial charge in [0, 0.05) is 13.0 Å². The lowest BCUT2D eigenvalue weighted by Gasteiger charge is -2.35. The van der Waals surface area contributed by atoms with Crippen LogP contribution in [0.15, 0.2) is 30.3 Å². The van der Waals surface area contributed by atoms with Crippen LogP contribution in [0, 0.1) is 0 Å². The zero-order chi connectivity index (χ0) is 15.6. The Balaban J connectivity index is 1.62. The topological polar surface area (TPSA) is 59.0 Å². The Kier molecular flexibility index (Phi) is 4.70. The van der Waals surface area contributed by atoms with E-state index in [1.807, 2.05) is 30.3 Å². The zero-order valence-corrected chi connectivity index (χ0v) is 13.9. The number of carbonyl (C=O) groups is 1. The third-order valence-electron chi connectivity index (χ3n) is 4.26. The monoisotopic (exact) mass is 369 g/mol. The van der Waals surface area contributed by atoms with Crippen molar-refractivity contribution in [2.45, 2.75) is 43.8 Å². The first kappa shape index (κ1) is 15.8. The molecule has 2 saturated heterocycles. The Morgan fingerprint density at radius 3 is 2.95 bits per heavy atom. The highest BCUT2D eigenvalue weighted by Gasteiger charge is 2.49. The molecule has 2 heterocycles. The summed E-state index contributed by atoms with van der Waals surface area (Å²) in [4.78, 5) is 14.1. The van der Waals surface area contributed by atoms with Crippen LogP contribution in [0.4, 0.5) is 4.79 Å². The average Bonchev–Trinajstić information content (AvgIpc) is 2.90. The van der Waals surface area contributed by atoms with Crippen molar-refractivity contribution in [1.29, 1.82) is 0 Å². The fourth-order valence-electron chi connectivity index (χ4n) is 3.17. The molecule has 120 valence electrons. The Morgan fingerprint density at radius 1 is 1.45 bits per heavy atom. The highest BCUT2D eigenvalue weighted by atomic mass is 79.9. The van der Waals surface area contributed by atoms with E-state index in [0.717, 1.165) is 18.4 Å². The van der Waals surface area contributed by atoms with Crippen LogP contribution in [0.5, 0.6) is 0 Å². The van der Waals surface area contributed by atoms with Gasteiger partial charge < -0.3 is 19.5 Å². The van der Waals surface area contributed by atoms with Crippen LogP contribution in [0.2, 0.25) is 0 Å². The number of ether oxygens (including phenoxy) is 2. The largest absolute Gasteiger partial charge is 0.445 e. The normalized spacial score (nSPS) is 30.9. The van der Waals surface area contributed by atoms with Crippen molar-refractivity contribution in [1.82, 2.24) is 4.90 Å². The molecule has 0 radical (unpaired) electrons. The van der Waals surface area contributed by atoms with Crippen molar-refractivity contribution in [2.75, 3.05) is 11.9 Å². The van der Waals surface area contributed by atoms with Crippen molar-refractivity contribution < 1.29 is 19.4 Å². The third kappa shape index (κ3) is 3.29. The third-order valence-corrected chi connectivity index (χ3v) is 5.14. The molecule has 3 atom stereocenters. The highest BCUT2D eigenvalue weighted by molar-refractivity contribution is 9.09. The summed E-state index contributed by atoms with van der Waals surface area (Å²) in [7, 11) is 0. The van der Waals surface area contributed by atoms with Crippen LogP contribution in [-0.2, 0) is 16.1 Å². The highest BCUT2D eigenvalue weighted by Crippen LogP contribution is 2.38. The van der Waals surface area contributed by atoms with E-state index in [2.05, 4.69) is 15.9 Å². The smallest absolute Gasteiger partial charge is 0.410 e. The summed E-state index contributed by atoms with van der Waals surface area (Å²) in [6.07, 6.45) is 1.70. The van der Waals surface area contributed by atoms with Crippen LogP contribution < -0.4 is 0 Å². The molecular formula is C16H20BrNO4. The molecule has 1 amide bonds. The predicted molar refractivity (Wildman–Crippen MR) is 84.6 cm³/mol. The first-order valence-corrected chi connectivity index (χ1v) is 8.67. The summed E-state index contributed by atoms with van der Waals surface area (Å²) in [6.45, 7) is 0.910. The van der Waals surface area contributed by atoms with Gasteiger partial charge >= 0.3 is 6.09 Å². The van der Waals surface area contributed by atoms with Crippen LogP contribution in [0.25, 0.3) is 0 Å². The Hall–Kier alpha value is -1.11. The van der Waals surface area contributed by atoms with Gasteiger partial charge in [0.05, 0.1) is 17.5 Å². The molecule has 1 aromatic rings. The molecule has 2 aliphatic rings. The summed E-state index contributed by atoms with van der Waals surface area (Å²) in [6, 6.07) is 9.50. The van der Waals surface area contributed by atoms with Crippen molar-refractivity contribution in [3.8, 4) is 0 Å². The number of benzene rings is 1. The second kappa shape index (κ2) is 6.56. The lowest BCUT2D eigenvalue weighted by atomic mass is 9.97. The van der Waals surface area contributed by atoms with Crippen molar-refractivity contribution >= 4 is 22.0 Å². The van der Waals surface area contributed by atoms with Gasteiger partial charge in [0.25, 0.3) is 0 Å². The number of likely N-dealkylation sites (tertiary alicyclic amines) is 1. The lowest BCUT2D eigenvalue weighted by molar-refractivity contribution is -0.176. The number of alkyl halides is 1. The van der Waals surface area contributed by atoms with E-state index < -0.39 is 5.79 Å². The van der Waals surface area contributed by atoms with E-state index >= 15 is 0 Å². The number of halogens is 1. The molecule has 0 spiro atoms. The maximum absolute atomic E-state index is 12.4. The van der Waals surface area contributed by atoms with E-state index in [0.29, 0.717) is 18.3 Å². The first-order chi connectivity index (χ1) is 10.6. The minimum Gasteiger partial charge on any atom is -0.445 e. The lowest BCUT2D eigenvalue weighted by Crippen LogP contribution is -2.49. The van der Waals surface area contributed by atoms with Gasteiger partial charge in [0.2, 0.25) is 0 Å². The molecule has 3 rings (SSSR count). The number of piperidine rings is 1. The molecule has 0 aromatic heterocycles. The van der Waals surface area contributed by atoms with E-state index in [9.17, 15) is 9.90 Å². The van der Waals surface area contributed by atoms with Gasteiger partial charge in [-0.05, 0) is 18.4 Å². The number of hydrogen-bond acceptors (Lipinski definition) is 4. The summed E-state index contributed by atoms with van der Waals surface area (Å²) >= 11 is 3.27. The summed E-state index contributed by atoms with van der Waals surface area (Å²) < 4.78 is 11.1. The van der Waals surface area contributed by atoms with Gasteiger partial charge in [-0.15, -0.1) is 0 Å². The maximum atomic E-state index is 12.4. The van der Waals surface area contributed by atoms with Crippen LogP contribution >= 0.6 is 15.9 Å². The second-order valence-electron chi connectivity index (χ2n) is 5.88. The molecule has 5 nitrogen and oxygen atoms in total. The summed E-state index contributed by atoms with van der Waals surface area (Å²) in [5.74, 6) is -1.18. The molecule has 22 heavy (non-hydrogen) atoms. The molecule has 0 bridgehead atoms. The van der Waals surface area contributed by atoms with Crippen LogP contribution in [0.3, 0.4) is 0 Å². The molecule has 6 heteroatoms. The minimum absolute atomic E-state index is 0.111. The SMILES string of the molecule is O=C(OCc1ccccc1)N1CCC[C@@H]2OC(O)(CBr)C[C@@H]21. The summed E-state index contributed by atoms with van der Waals surface area (Å²) in [5, 5.41) is 10.6. The van der Waals surface area contributed by atoms with Crippen LogP contribution in [-0.4, -0.2) is 45.9 Å². The predicted octanol–water partition coefficient (Wildman–Crippen LogP) is 2.66. The Morgan fingerprint density at radius 2 is 2.23 bits per heavy atom.